The molecule has 23 heavy (non-hydrogen) atoms. The fraction of sp³-hybridized carbons (Fsp3) is 0.118. The third-order valence-corrected chi connectivity index (χ3v) is 4.24. The molecule has 0 fully saturated rings. The van der Waals surface area contributed by atoms with Crippen LogP contribution in [0.2, 0.25) is 0 Å². The van der Waals surface area contributed by atoms with Crippen LogP contribution in [0.15, 0.2) is 58.0 Å². The number of rotatable bonds is 5. The highest BCUT2D eigenvalue weighted by molar-refractivity contribution is 7.98. The van der Waals surface area contributed by atoms with E-state index in [4.69, 9.17) is 9.15 Å². The SMILES string of the molecule is COc1ccc(-c2nc(CSc3ccc(F)cc3F)co2)cc1. The summed E-state index contributed by atoms with van der Waals surface area (Å²) in [5, 5.41) is 0. The lowest BCUT2D eigenvalue weighted by molar-refractivity contribution is 0.415. The van der Waals surface area contributed by atoms with Crippen molar-refractivity contribution in [2.45, 2.75) is 10.6 Å². The number of halogens is 2. The molecular weight excluding hydrogens is 320 g/mol. The van der Waals surface area contributed by atoms with Crippen molar-refractivity contribution in [2.75, 3.05) is 7.11 Å². The van der Waals surface area contributed by atoms with Gasteiger partial charge in [0, 0.05) is 22.3 Å². The van der Waals surface area contributed by atoms with Crippen LogP contribution in [0.4, 0.5) is 8.78 Å². The quantitative estimate of drug-likeness (QED) is 0.621. The Morgan fingerprint density at radius 2 is 1.91 bits per heavy atom. The molecule has 2 aromatic carbocycles. The summed E-state index contributed by atoms with van der Waals surface area (Å²) >= 11 is 1.24. The maximum atomic E-state index is 13.6. The highest BCUT2D eigenvalue weighted by Gasteiger charge is 2.09. The van der Waals surface area contributed by atoms with Crippen molar-refractivity contribution >= 4 is 11.8 Å². The number of hydrogen-bond acceptors (Lipinski definition) is 4. The lowest BCUT2D eigenvalue weighted by Crippen LogP contribution is -1.86. The number of ether oxygens (including phenoxy) is 1. The van der Waals surface area contributed by atoms with Crippen LogP contribution >= 0.6 is 11.8 Å². The minimum atomic E-state index is -0.588. The van der Waals surface area contributed by atoms with E-state index in [1.807, 2.05) is 24.3 Å². The van der Waals surface area contributed by atoms with Crippen LogP contribution in [0.3, 0.4) is 0 Å². The van der Waals surface area contributed by atoms with Gasteiger partial charge in [0.15, 0.2) is 0 Å². The van der Waals surface area contributed by atoms with Gasteiger partial charge in [-0.3, -0.25) is 0 Å². The topological polar surface area (TPSA) is 35.3 Å². The van der Waals surface area contributed by atoms with Crippen molar-refractivity contribution < 1.29 is 17.9 Å². The second-order valence-electron chi connectivity index (χ2n) is 4.74. The average Bonchev–Trinajstić information content (AvgIpc) is 3.03. The van der Waals surface area contributed by atoms with E-state index in [9.17, 15) is 8.78 Å². The molecule has 3 nitrogen and oxygen atoms in total. The summed E-state index contributed by atoms with van der Waals surface area (Å²) in [6.07, 6.45) is 1.54. The van der Waals surface area contributed by atoms with E-state index in [1.165, 1.54) is 30.2 Å². The Labute approximate surface area is 136 Å². The zero-order valence-corrected chi connectivity index (χ0v) is 13.1. The van der Waals surface area contributed by atoms with Gasteiger partial charge in [0.1, 0.15) is 23.6 Å². The normalized spacial score (nSPS) is 10.7. The molecule has 3 rings (SSSR count). The Morgan fingerprint density at radius 3 is 2.61 bits per heavy atom. The smallest absolute Gasteiger partial charge is 0.226 e. The molecule has 1 heterocycles. The zero-order valence-electron chi connectivity index (χ0n) is 12.3. The summed E-state index contributed by atoms with van der Waals surface area (Å²) < 4.78 is 37.0. The molecule has 0 saturated heterocycles. The predicted molar refractivity (Wildman–Crippen MR) is 84.4 cm³/mol. The highest BCUT2D eigenvalue weighted by atomic mass is 32.2. The van der Waals surface area contributed by atoms with E-state index in [1.54, 1.807) is 7.11 Å². The highest BCUT2D eigenvalue weighted by Crippen LogP contribution is 2.27. The van der Waals surface area contributed by atoms with Gasteiger partial charge < -0.3 is 9.15 Å². The monoisotopic (exact) mass is 333 g/mol. The summed E-state index contributed by atoms with van der Waals surface area (Å²) in [6, 6.07) is 10.9. The van der Waals surface area contributed by atoms with Crippen molar-refractivity contribution in [1.29, 1.82) is 0 Å². The molecule has 0 aliphatic carbocycles. The molecule has 0 unspecified atom stereocenters. The number of oxazole rings is 1. The predicted octanol–water partition coefficient (Wildman–Crippen LogP) is 4.92. The molecule has 0 aliphatic rings. The van der Waals surface area contributed by atoms with Gasteiger partial charge in [-0.05, 0) is 36.4 Å². The van der Waals surface area contributed by atoms with Crippen molar-refractivity contribution in [3.8, 4) is 17.2 Å². The number of benzene rings is 2. The van der Waals surface area contributed by atoms with Gasteiger partial charge in [0.25, 0.3) is 0 Å². The molecule has 0 spiro atoms. The minimum Gasteiger partial charge on any atom is -0.497 e. The van der Waals surface area contributed by atoms with Crippen LogP contribution in [0.25, 0.3) is 11.5 Å². The van der Waals surface area contributed by atoms with Crippen LogP contribution in [0.5, 0.6) is 5.75 Å². The van der Waals surface area contributed by atoms with Crippen LogP contribution in [-0.2, 0) is 5.75 Å². The van der Waals surface area contributed by atoms with Gasteiger partial charge in [-0.1, -0.05) is 0 Å². The Morgan fingerprint density at radius 1 is 1.13 bits per heavy atom. The molecule has 0 aliphatic heterocycles. The average molecular weight is 333 g/mol. The second kappa shape index (κ2) is 6.83. The van der Waals surface area contributed by atoms with Crippen molar-refractivity contribution in [1.82, 2.24) is 4.98 Å². The standard InChI is InChI=1S/C17H13F2NO2S/c1-21-14-5-2-11(3-6-14)17-20-13(9-22-17)10-23-16-7-4-12(18)8-15(16)19/h2-9H,10H2,1H3. The van der Waals surface area contributed by atoms with E-state index in [2.05, 4.69) is 4.98 Å². The van der Waals surface area contributed by atoms with Crippen LogP contribution in [0, 0.1) is 11.6 Å². The first kappa shape index (κ1) is 15.6. The lowest BCUT2D eigenvalue weighted by Gasteiger charge is -2.01. The minimum absolute atomic E-state index is 0.375. The summed E-state index contributed by atoms with van der Waals surface area (Å²) in [5.41, 5.74) is 1.51. The van der Waals surface area contributed by atoms with Crippen molar-refractivity contribution in [3.63, 3.8) is 0 Å². The molecule has 0 saturated carbocycles. The first-order chi connectivity index (χ1) is 11.2. The van der Waals surface area contributed by atoms with Gasteiger partial charge in [-0.15, -0.1) is 11.8 Å². The molecule has 118 valence electrons. The maximum absolute atomic E-state index is 13.6. The summed E-state index contributed by atoms with van der Waals surface area (Å²) in [6.45, 7) is 0. The molecular formula is C17H13F2NO2S. The Balaban J connectivity index is 1.69. The lowest BCUT2D eigenvalue weighted by atomic mass is 10.2. The van der Waals surface area contributed by atoms with Gasteiger partial charge in [-0.2, -0.15) is 0 Å². The van der Waals surface area contributed by atoms with E-state index in [0.717, 1.165) is 17.4 Å². The molecule has 0 N–H and O–H groups in total. The van der Waals surface area contributed by atoms with Gasteiger partial charge in [0.05, 0.1) is 12.8 Å². The first-order valence-electron chi connectivity index (χ1n) is 6.82. The summed E-state index contributed by atoms with van der Waals surface area (Å²) in [4.78, 5) is 4.75. The molecule has 0 atom stereocenters. The Hall–Kier alpha value is -2.34. The Kier molecular flexibility index (Phi) is 4.62. The Bertz CT molecular complexity index is 803. The number of hydrogen-bond donors (Lipinski definition) is 0. The third-order valence-electron chi connectivity index (χ3n) is 3.16. The van der Waals surface area contributed by atoms with E-state index in [-0.39, 0.29) is 0 Å². The molecule has 0 bridgehead atoms. The largest absolute Gasteiger partial charge is 0.497 e. The molecule has 6 heteroatoms. The second-order valence-corrected chi connectivity index (χ2v) is 5.75. The van der Waals surface area contributed by atoms with Crippen molar-refractivity contribution in [3.05, 3.63) is 66.1 Å². The maximum Gasteiger partial charge on any atom is 0.226 e. The molecule has 1 aromatic heterocycles. The fourth-order valence-corrected chi connectivity index (χ4v) is 2.78. The molecule has 0 radical (unpaired) electrons. The zero-order chi connectivity index (χ0) is 16.2. The number of thioether (sulfide) groups is 1. The van der Waals surface area contributed by atoms with Crippen molar-refractivity contribution in [2.24, 2.45) is 0 Å². The summed E-state index contributed by atoms with van der Waals surface area (Å²) in [7, 11) is 1.60. The van der Waals surface area contributed by atoms with Crippen LogP contribution in [-0.4, -0.2) is 12.1 Å². The van der Waals surface area contributed by atoms with E-state index < -0.39 is 11.6 Å². The van der Waals surface area contributed by atoms with E-state index >= 15 is 0 Å². The summed E-state index contributed by atoms with van der Waals surface area (Å²) in [5.74, 6) is 0.511. The van der Waals surface area contributed by atoms with Crippen LogP contribution in [0.1, 0.15) is 5.69 Å². The fourth-order valence-electron chi connectivity index (χ4n) is 1.98. The third kappa shape index (κ3) is 3.71. The van der Waals surface area contributed by atoms with Gasteiger partial charge >= 0.3 is 0 Å². The number of nitrogens with zero attached hydrogens (tertiary/aromatic N) is 1. The van der Waals surface area contributed by atoms with Crippen LogP contribution < -0.4 is 4.74 Å². The number of methoxy groups -OCH3 is 1. The first-order valence-corrected chi connectivity index (χ1v) is 7.81. The number of aromatic nitrogens is 1. The molecule has 3 aromatic rings. The molecule has 0 amide bonds. The van der Waals surface area contributed by atoms with Gasteiger partial charge in [-0.25, -0.2) is 13.8 Å². The van der Waals surface area contributed by atoms with E-state index in [0.29, 0.717) is 22.2 Å². The van der Waals surface area contributed by atoms with Gasteiger partial charge in [0.2, 0.25) is 5.89 Å².